The maximum absolute atomic E-state index is 13.3. The SMILES string of the molecule is Cc1ccc(C(C)(NC=O)C(=O)O)cc1F. The van der Waals surface area contributed by atoms with E-state index >= 15 is 0 Å². The molecule has 0 bridgehead atoms. The molecule has 0 aliphatic carbocycles. The first kappa shape index (κ1) is 12.2. The molecule has 1 amide bonds. The molecule has 0 spiro atoms. The van der Waals surface area contributed by atoms with Crippen LogP contribution in [0.2, 0.25) is 0 Å². The maximum Gasteiger partial charge on any atom is 0.333 e. The summed E-state index contributed by atoms with van der Waals surface area (Å²) in [6.45, 7) is 2.87. The first-order chi connectivity index (χ1) is 7.41. The number of carboxylic acids is 1. The molecular formula is C11H12FNO3. The predicted octanol–water partition coefficient (Wildman–Crippen LogP) is 1.18. The number of benzene rings is 1. The fourth-order valence-electron chi connectivity index (χ4n) is 1.29. The predicted molar refractivity (Wildman–Crippen MR) is 55.3 cm³/mol. The third-order valence-electron chi connectivity index (χ3n) is 2.52. The molecule has 16 heavy (non-hydrogen) atoms. The molecule has 0 saturated heterocycles. The summed E-state index contributed by atoms with van der Waals surface area (Å²) in [6, 6.07) is 4.06. The number of aliphatic carboxylic acids is 1. The number of amides is 1. The van der Waals surface area contributed by atoms with Gasteiger partial charge in [0.1, 0.15) is 5.82 Å². The highest BCUT2D eigenvalue weighted by Gasteiger charge is 2.35. The smallest absolute Gasteiger partial charge is 0.333 e. The summed E-state index contributed by atoms with van der Waals surface area (Å²) in [5.41, 5.74) is -1.01. The number of hydrogen-bond donors (Lipinski definition) is 2. The van der Waals surface area contributed by atoms with E-state index in [2.05, 4.69) is 5.32 Å². The fraction of sp³-hybridized carbons (Fsp3) is 0.273. The number of halogens is 1. The quantitative estimate of drug-likeness (QED) is 0.756. The molecule has 1 rings (SSSR count). The summed E-state index contributed by atoms with van der Waals surface area (Å²) in [7, 11) is 0. The Morgan fingerprint density at radius 1 is 1.56 bits per heavy atom. The van der Waals surface area contributed by atoms with E-state index in [1.807, 2.05) is 0 Å². The Kier molecular flexibility index (Phi) is 3.27. The van der Waals surface area contributed by atoms with Gasteiger partial charge in [0.15, 0.2) is 5.54 Å². The van der Waals surface area contributed by atoms with Crippen molar-refractivity contribution in [2.24, 2.45) is 0 Å². The molecule has 1 unspecified atom stereocenters. The minimum atomic E-state index is -1.61. The molecule has 0 aliphatic rings. The van der Waals surface area contributed by atoms with E-state index in [0.29, 0.717) is 5.56 Å². The highest BCUT2D eigenvalue weighted by molar-refractivity contribution is 5.82. The van der Waals surface area contributed by atoms with Gasteiger partial charge in [0.2, 0.25) is 6.41 Å². The first-order valence-electron chi connectivity index (χ1n) is 4.63. The van der Waals surface area contributed by atoms with Crippen LogP contribution in [0.15, 0.2) is 18.2 Å². The second kappa shape index (κ2) is 4.30. The van der Waals surface area contributed by atoms with Gasteiger partial charge in [-0.1, -0.05) is 12.1 Å². The van der Waals surface area contributed by atoms with Crippen molar-refractivity contribution < 1.29 is 19.1 Å². The van der Waals surface area contributed by atoms with Crippen molar-refractivity contribution in [2.75, 3.05) is 0 Å². The summed E-state index contributed by atoms with van der Waals surface area (Å²) < 4.78 is 13.3. The van der Waals surface area contributed by atoms with Crippen LogP contribution in [-0.4, -0.2) is 17.5 Å². The number of hydrogen-bond acceptors (Lipinski definition) is 2. The average molecular weight is 225 g/mol. The summed E-state index contributed by atoms with van der Waals surface area (Å²) in [6.07, 6.45) is 0.284. The number of rotatable bonds is 4. The van der Waals surface area contributed by atoms with Gasteiger partial charge in [-0.05, 0) is 31.0 Å². The zero-order valence-corrected chi connectivity index (χ0v) is 8.95. The number of carboxylic acid groups (broad SMARTS) is 1. The number of nitrogens with one attached hydrogen (secondary N) is 1. The lowest BCUT2D eigenvalue weighted by atomic mass is 9.91. The summed E-state index contributed by atoms with van der Waals surface area (Å²) in [5.74, 6) is -1.75. The van der Waals surface area contributed by atoms with Crippen molar-refractivity contribution >= 4 is 12.4 Å². The van der Waals surface area contributed by atoms with Crippen LogP contribution in [0.4, 0.5) is 4.39 Å². The van der Waals surface area contributed by atoms with Crippen LogP contribution in [-0.2, 0) is 15.1 Å². The maximum atomic E-state index is 13.3. The third-order valence-corrected chi connectivity index (χ3v) is 2.52. The molecule has 0 radical (unpaired) electrons. The Balaban J connectivity index is 3.26. The largest absolute Gasteiger partial charge is 0.479 e. The molecule has 0 fully saturated rings. The Hall–Kier alpha value is -1.91. The van der Waals surface area contributed by atoms with Crippen LogP contribution in [0.25, 0.3) is 0 Å². The number of carbonyl (C=O) groups excluding carboxylic acids is 1. The molecule has 5 heteroatoms. The number of aryl methyl sites for hydroxylation is 1. The summed E-state index contributed by atoms with van der Waals surface area (Å²) >= 11 is 0. The van der Waals surface area contributed by atoms with E-state index in [9.17, 15) is 14.0 Å². The van der Waals surface area contributed by atoms with Crippen molar-refractivity contribution in [1.82, 2.24) is 5.32 Å². The van der Waals surface area contributed by atoms with Crippen molar-refractivity contribution in [3.63, 3.8) is 0 Å². The lowest BCUT2D eigenvalue weighted by Crippen LogP contribution is -2.46. The minimum absolute atomic E-state index is 0.190. The summed E-state index contributed by atoms with van der Waals surface area (Å²) in [5, 5.41) is 11.2. The normalized spacial score (nSPS) is 13.9. The van der Waals surface area contributed by atoms with Crippen LogP contribution < -0.4 is 5.32 Å². The van der Waals surface area contributed by atoms with E-state index in [4.69, 9.17) is 5.11 Å². The average Bonchev–Trinajstić information content (AvgIpc) is 2.22. The zero-order chi connectivity index (χ0) is 12.3. The molecule has 2 N–H and O–H groups in total. The third kappa shape index (κ3) is 2.03. The van der Waals surface area contributed by atoms with Crippen LogP contribution >= 0.6 is 0 Å². The Labute approximate surface area is 92.1 Å². The van der Waals surface area contributed by atoms with Crippen molar-refractivity contribution in [3.05, 3.63) is 35.1 Å². The molecule has 4 nitrogen and oxygen atoms in total. The molecule has 0 saturated carbocycles. The van der Waals surface area contributed by atoms with Crippen molar-refractivity contribution in [2.45, 2.75) is 19.4 Å². The molecule has 0 aliphatic heterocycles. The highest BCUT2D eigenvalue weighted by Crippen LogP contribution is 2.22. The van der Waals surface area contributed by atoms with Gasteiger partial charge in [0.25, 0.3) is 0 Å². The van der Waals surface area contributed by atoms with E-state index in [-0.39, 0.29) is 12.0 Å². The molecule has 1 aromatic rings. The van der Waals surface area contributed by atoms with Gasteiger partial charge in [-0.15, -0.1) is 0 Å². The van der Waals surface area contributed by atoms with Crippen LogP contribution in [0.5, 0.6) is 0 Å². The van der Waals surface area contributed by atoms with E-state index < -0.39 is 17.3 Å². The summed E-state index contributed by atoms with van der Waals surface area (Å²) in [4.78, 5) is 21.4. The first-order valence-corrected chi connectivity index (χ1v) is 4.63. The van der Waals surface area contributed by atoms with Gasteiger partial charge >= 0.3 is 5.97 Å². The topological polar surface area (TPSA) is 66.4 Å². The Bertz CT molecular complexity index is 433. The van der Waals surface area contributed by atoms with Gasteiger partial charge in [0, 0.05) is 0 Å². The molecule has 0 aromatic heterocycles. The second-order valence-electron chi connectivity index (χ2n) is 3.66. The van der Waals surface area contributed by atoms with E-state index in [0.717, 1.165) is 6.07 Å². The second-order valence-corrected chi connectivity index (χ2v) is 3.66. The fourth-order valence-corrected chi connectivity index (χ4v) is 1.29. The molecule has 1 aromatic carbocycles. The monoisotopic (exact) mass is 225 g/mol. The molecule has 0 heterocycles. The van der Waals surface area contributed by atoms with Crippen molar-refractivity contribution in [3.8, 4) is 0 Å². The van der Waals surface area contributed by atoms with Gasteiger partial charge in [-0.25, -0.2) is 9.18 Å². The van der Waals surface area contributed by atoms with Gasteiger partial charge in [0.05, 0.1) is 0 Å². The van der Waals surface area contributed by atoms with Crippen LogP contribution in [0, 0.1) is 12.7 Å². The minimum Gasteiger partial charge on any atom is -0.479 e. The number of carbonyl (C=O) groups is 2. The Morgan fingerprint density at radius 2 is 2.19 bits per heavy atom. The van der Waals surface area contributed by atoms with Gasteiger partial charge in [-0.2, -0.15) is 0 Å². The molecule has 1 atom stereocenters. The lowest BCUT2D eigenvalue weighted by molar-refractivity contribution is -0.145. The standard InChI is InChI=1S/C11H12FNO3/c1-7-3-4-8(5-9(7)12)11(2,10(15)16)13-6-14/h3-6H,1-2H3,(H,13,14)(H,15,16). The van der Waals surface area contributed by atoms with Gasteiger partial charge < -0.3 is 10.4 Å². The van der Waals surface area contributed by atoms with Crippen molar-refractivity contribution in [1.29, 1.82) is 0 Å². The van der Waals surface area contributed by atoms with Crippen LogP contribution in [0.3, 0.4) is 0 Å². The zero-order valence-electron chi connectivity index (χ0n) is 8.95. The lowest BCUT2D eigenvalue weighted by Gasteiger charge is -2.24. The highest BCUT2D eigenvalue weighted by atomic mass is 19.1. The van der Waals surface area contributed by atoms with E-state index in [1.165, 1.54) is 19.1 Å². The van der Waals surface area contributed by atoms with Crippen LogP contribution in [0.1, 0.15) is 18.1 Å². The van der Waals surface area contributed by atoms with E-state index in [1.54, 1.807) is 6.92 Å². The Morgan fingerprint density at radius 3 is 2.62 bits per heavy atom. The van der Waals surface area contributed by atoms with Gasteiger partial charge in [-0.3, -0.25) is 4.79 Å². The molecular weight excluding hydrogens is 213 g/mol. The molecule has 86 valence electrons.